The van der Waals surface area contributed by atoms with Gasteiger partial charge in [-0.05, 0) is 45.2 Å². The quantitative estimate of drug-likeness (QED) is 0.818. The molecule has 1 saturated heterocycles. The van der Waals surface area contributed by atoms with Crippen molar-refractivity contribution < 1.29 is 0 Å². The van der Waals surface area contributed by atoms with Crippen LogP contribution in [-0.4, -0.2) is 61.7 Å². The van der Waals surface area contributed by atoms with E-state index in [1.54, 1.807) is 0 Å². The van der Waals surface area contributed by atoms with Crippen LogP contribution in [0.5, 0.6) is 0 Å². The monoisotopic (exact) mass is 251 g/mol. The average molecular weight is 251 g/mol. The van der Waals surface area contributed by atoms with Crippen LogP contribution in [0.15, 0.2) is 0 Å². The lowest BCUT2D eigenvalue weighted by molar-refractivity contribution is 0.0106. The summed E-state index contributed by atoms with van der Waals surface area (Å²) >= 11 is 0. The van der Waals surface area contributed by atoms with Gasteiger partial charge in [0.2, 0.25) is 0 Å². The SMILES string of the molecule is CNCC1CCC1N1CCN(C2CCCC2)CC1. The molecule has 3 nitrogen and oxygen atoms in total. The van der Waals surface area contributed by atoms with Crippen molar-refractivity contribution in [3.63, 3.8) is 0 Å². The molecule has 0 aromatic carbocycles. The van der Waals surface area contributed by atoms with Crippen LogP contribution in [-0.2, 0) is 0 Å². The molecule has 0 radical (unpaired) electrons. The Balaban J connectivity index is 1.45. The molecule has 2 atom stereocenters. The molecule has 0 spiro atoms. The van der Waals surface area contributed by atoms with Crippen molar-refractivity contribution in [3.05, 3.63) is 0 Å². The van der Waals surface area contributed by atoms with Crippen LogP contribution in [0.2, 0.25) is 0 Å². The Bertz CT molecular complexity index is 254. The highest BCUT2D eigenvalue weighted by Crippen LogP contribution is 2.33. The van der Waals surface area contributed by atoms with Crippen molar-refractivity contribution in [2.24, 2.45) is 5.92 Å². The van der Waals surface area contributed by atoms with E-state index in [1.165, 1.54) is 71.2 Å². The molecule has 0 aromatic heterocycles. The molecule has 3 rings (SSSR count). The van der Waals surface area contributed by atoms with Crippen molar-refractivity contribution in [1.29, 1.82) is 0 Å². The third-order valence-corrected chi connectivity index (χ3v) is 5.50. The van der Waals surface area contributed by atoms with Gasteiger partial charge in [0.15, 0.2) is 0 Å². The number of nitrogens with zero attached hydrogens (tertiary/aromatic N) is 2. The first-order valence-electron chi connectivity index (χ1n) is 8.01. The Kier molecular flexibility index (Phi) is 4.22. The maximum Gasteiger partial charge on any atom is 0.0137 e. The van der Waals surface area contributed by atoms with Gasteiger partial charge in [-0.3, -0.25) is 9.80 Å². The van der Waals surface area contributed by atoms with Gasteiger partial charge in [-0.15, -0.1) is 0 Å². The van der Waals surface area contributed by atoms with Crippen LogP contribution in [0.25, 0.3) is 0 Å². The van der Waals surface area contributed by atoms with E-state index >= 15 is 0 Å². The molecule has 2 unspecified atom stereocenters. The summed E-state index contributed by atoms with van der Waals surface area (Å²) in [6, 6.07) is 1.82. The van der Waals surface area contributed by atoms with Gasteiger partial charge in [-0.2, -0.15) is 0 Å². The van der Waals surface area contributed by atoms with Crippen LogP contribution in [0.1, 0.15) is 38.5 Å². The zero-order valence-corrected chi connectivity index (χ0v) is 11.9. The lowest BCUT2D eigenvalue weighted by atomic mass is 9.78. The van der Waals surface area contributed by atoms with Gasteiger partial charge in [-0.1, -0.05) is 12.8 Å². The molecule has 1 aliphatic heterocycles. The van der Waals surface area contributed by atoms with Crippen LogP contribution in [0.3, 0.4) is 0 Å². The minimum Gasteiger partial charge on any atom is -0.319 e. The highest BCUT2D eigenvalue weighted by Gasteiger charge is 2.37. The number of hydrogen-bond donors (Lipinski definition) is 1. The Hall–Kier alpha value is -0.120. The smallest absolute Gasteiger partial charge is 0.0137 e. The summed E-state index contributed by atoms with van der Waals surface area (Å²) in [6.07, 6.45) is 8.75. The number of piperazine rings is 1. The third-order valence-electron chi connectivity index (χ3n) is 5.50. The molecule has 1 heterocycles. The second-order valence-electron chi connectivity index (χ2n) is 6.47. The summed E-state index contributed by atoms with van der Waals surface area (Å²) in [4.78, 5) is 5.55. The van der Waals surface area contributed by atoms with Crippen LogP contribution in [0.4, 0.5) is 0 Å². The van der Waals surface area contributed by atoms with Crippen LogP contribution in [0, 0.1) is 5.92 Å². The summed E-state index contributed by atoms with van der Waals surface area (Å²) in [6.45, 7) is 6.51. The fourth-order valence-electron chi connectivity index (χ4n) is 4.24. The molecule has 0 aromatic rings. The minimum atomic E-state index is 0.892. The van der Waals surface area contributed by atoms with Gasteiger partial charge in [0.05, 0.1) is 0 Å². The molecule has 0 amide bonds. The molecule has 104 valence electrons. The third kappa shape index (κ3) is 2.59. The standard InChI is InChI=1S/C15H29N3/c1-16-12-13-6-7-15(13)18-10-8-17(9-11-18)14-4-2-3-5-14/h13-16H,2-12H2,1H3. The lowest BCUT2D eigenvalue weighted by Gasteiger charge is -2.48. The van der Waals surface area contributed by atoms with E-state index in [1.807, 2.05) is 0 Å². The van der Waals surface area contributed by atoms with Gasteiger partial charge < -0.3 is 5.32 Å². The van der Waals surface area contributed by atoms with Crippen molar-refractivity contribution >= 4 is 0 Å². The highest BCUT2D eigenvalue weighted by atomic mass is 15.3. The van der Waals surface area contributed by atoms with Crippen molar-refractivity contribution in [2.75, 3.05) is 39.8 Å². The minimum absolute atomic E-state index is 0.892. The highest BCUT2D eigenvalue weighted by molar-refractivity contribution is 4.92. The number of nitrogens with one attached hydrogen (secondary N) is 1. The molecule has 2 saturated carbocycles. The van der Waals surface area contributed by atoms with E-state index in [9.17, 15) is 0 Å². The summed E-state index contributed by atoms with van der Waals surface area (Å²) < 4.78 is 0. The molecule has 2 aliphatic carbocycles. The van der Waals surface area contributed by atoms with Gasteiger partial charge in [0.1, 0.15) is 0 Å². The van der Waals surface area contributed by atoms with Gasteiger partial charge in [-0.25, -0.2) is 0 Å². The fourth-order valence-corrected chi connectivity index (χ4v) is 4.24. The predicted octanol–water partition coefficient (Wildman–Crippen LogP) is 1.54. The normalized spacial score (nSPS) is 35.8. The number of hydrogen-bond acceptors (Lipinski definition) is 3. The predicted molar refractivity (Wildman–Crippen MR) is 75.8 cm³/mol. The molecule has 0 bridgehead atoms. The topological polar surface area (TPSA) is 18.5 Å². The first-order valence-corrected chi connectivity index (χ1v) is 8.01. The van der Waals surface area contributed by atoms with Crippen molar-refractivity contribution in [2.45, 2.75) is 50.6 Å². The summed E-state index contributed by atoms with van der Waals surface area (Å²) in [5.74, 6) is 0.924. The Morgan fingerprint density at radius 1 is 0.889 bits per heavy atom. The van der Waals surface area contributed by atoms with E-state index in [0.29, 0.717) is 0 Å². The maximum atomic E-state index is 3.36. The van der Waals surface area contributed by atoms with E-state index in [4.69, 9.17) is 0 Å². The number of rotatable bonds is 4. The molecule has 3 aliphatic rings. The maximum absolute atomic E-state index is 3.36. The van der Waals surface area contributed by atoms with E-state index in [0.717, 1.165) is 18.0 Å². The molecule has 1 N–H and O–H groups in total. The van der Waals surface area contributed by atoms with Crippen LogP contribution < -0.4 is 5.32 Å². The van der Waals surface area contributed by atoms with E-state index in [-0.39, 0.29) is 0 Å². The second-order valence-corrected chi connectivity index (χ2v) is 6.47. The summed E-state index contributed by atoms with van der Waals surface area (Å²) in [5.41, 5.74) is 0. The molecule has 3 fully saturated rings. The Morgan fingerprint density at radius 3 is 2.11 bits per heavy atom. The first kappa shape index (κ1) is 12.9. The lowest BCUT2D eigenvalue weighted by Crippen LogP contribution is -2.58. The molecular weight excluding hydrogens is 222 g/mol. The summed E-state index contributed by atoms with van der Waals surface area (Å²) in [7, 11) is 2.09. The van der Waals surface area contributed by atoms with Gasteiger partial charge >= 0.3 is 0 Å². The fraction of sp³-hybridized carbons (Fsp3) is 1.00. The second kappa shape index (κ2) is 5.89. The molecule has 3 heteroatoms. The van der Waals surface area contributed by atoms with E-state index < -0.39 is 0 Å². The average Bonchev–Trinajstić information content (AvgIpc) is 2.89. The van der Waals surface area contributed by atoms with E-state index in [2.05, 4.69) is 22.2 Å². The molecular formula is C15H29N3. The van der Waals surface area contributed by atoms with Crippen LogP contribution >= 0.6 is 0 Å². The van der Waals surface area contributed by atoms with Gasteiger partial charge in [0, 0.05) is 38.3 Å². The van der Waals surface area contributed by atoms with Crippen molar-refractivity contribution in [1.82, 2.24) is 15.1 Å². The zero-order valence-electron chi connectivity index (χ0n) is 11.9. The Labute approximate surface area is 112 Å². The largest absolute Gasteiger partial charge is 0.319 e. The first-order chi connectivity index (χ1) is 8.88. The summed E-state index contributed by atoms with van der Waals surface area (Å²) in [5, 5.41) is 3.36. The Morgan fingerprint density at radius 2 is 1.56 bits per heavy atom. The zero-order chi connectivity index (χ0) is 12.4. The van der Waals surface area contributed by atoms with Crippen molar-refractivity contribution in [3.8, 4) is 0 Å². The van der Waals surface area contributed by atoms with Gasteiger partial charge in [0.25, 0.3) is 0 Å². The molecule has 18 heavy (non-hydrogen) atoms.